The zero-order valence-corrected chi connectivity index (χ0v) is 70.1. The van der Waals surface area contributed by atoms with E-state index in [2.05, 4.69) is 15.3 Å². The van der Waals surface area contributed by atoms with E-state index in [1.54, 1.807) is 78.9 Å². The summed E-state index contributed by atoms with van der Waals surface area (Å²) in [6, 6.07) is 49.7. The minimum absolute atomic E-state index is 0.0351. The lowest BCUT2D eigenvalue weighted by Crippen LogP contribution is -2.68. The van der Waals surface area contributed by atoms with Crippen LogP contribution in [0.3, 0.4) is 0 Å². The van der Waals surface area contributed by atoms with Gasteiger partial charge in [-0.15, -0.1) is 0 Å². The number of alkyl halides is 3. The van der Waals surface area contributed by atoms with Gasteiger partial charge in [0.15, 0.2) is 49.6 Å². The van der Waals surface area contributed by atoms with Crippen LogP contribution in [0.2, 0.25) is 0 Å². The van der Waals surface area contributed by atoms with Gasteiger partial charge >= 0.3 is 47.9 Å². The Balaban J connectivity index is 1.15. The van der Waals surface area contributed by atoms with E-state index in [0.29, 0.717) is 35.1 Å². The number of rotatable bonds is 42. The lowest BCUT2D eigenvalue weighted by atomic mass is 9.94. The van der Waals surface area contributed by atoms with Crippen molar-refractivity contribution in [2.24, 2.45) is 5.11 Å². The number of nitrogens with one attached hydrogen (secondary N) is 1. The lowest BCUT2D eigenvalue weighted by Gasteiger charge is -2.51. The molecule has 122 heavy (non-hydrogen) atoms. The number of nitrogens with zero attached hydrogens (tertiary/aromatic N) is 3. The maximum atomic E-state index is 15.5. The molecule has 36 heteroatoms. The number of ether oxygens (including phenoxy) is 21. The summed E-state index contributed by atoms with van der Waals surface area (Å²) in [6.45, 7) is 1.51. The first-order chi connectivity index (χ1) is 58.9. The van der Waals surface area contributed by atoms with Crippen LogP contribution < -0.4 is 5.32 Å². The van der Waals surface area contributed by atoms with Crippen molar-refractivity contribution in [1.29, 1.82) is 0 Å². The average molecular weight is 1760 g/mol. The molecule has 0 radical (unpaired) electrons. The molecule has 4 aliphatic heterocycles. The molecule has 4 saturated heterocycles. The van der Waals surface area contributed by atoms with Gasteiger partial charge in [-0.2, -0.15) is 0 Å². The number of benzene rings is 6. The van der Waals surface area contributed by atoms with E-state index in [-0.39, 0.29) is 58.0 Å². The Labute approximate surface area is 719 Å². The van der Waals surface area contributed by atoms with Crippen LogP contribution >= 0.6 is 34.8 Å². The predicted molar refractivity (Wildman–Crippen MR) is 430 cm³/mol. The Morgan fingerprint density at radius 3 is 1.31 bits per heavy atom. The van der Waals surface area contributed by atoms with Crippen LogP contribution in [0.4, 0.5) is 4.79 Å². The van der Waals surface area contributed by atoms with Crippen LogP contribution in [-0.4, -0.2) is 221 Å². The minimum Gasteiger partial charge on any atom is -0.469 e. The number of carbonyl (C=O) groups is 8. The van der Waals surface area contributed by atoms with Gasteiger partial charge in [0, 0.05) is 52.6 Å². The molecular formula is C86H99Cl3N4O29. The van der Waals surface area contributed by atoms with Gasteiger partial charge in [0.05, 0.1) is 58.9 Å². The van der Waals surface area contributed by atoms with Crippen molar-refractivity contribution < 1.29 is 138 Å². The van der Waals surface area contributed by atoms with E-state index in [1.807, 2.05) is 91.0 Å². The van der Waals surface area contributed by atoms with Gasteiger partial charge in [-0.25, -0.2) is 9.59 Å². The third kappa shape index (κ3) is 29.6. The Bertz CT molecular complexity index is 4310. The van der Waals surface area contributed by atoms with Crippen molar-refractivity contribution in [3.63, 3.8) is 0 Å². The van der Waals surface area contributed by atoms with E-state index in [4.69, 9.17) is 134 Å². The van der Waals surface area contributed by atoms with Crippen molar-refractivity contribution >= 4 is 82.7 Å². The first-order valence-corrected chi connectivity index (χ1v) is 40.6. The summed E-state index contributed by atoms with van der Waals surface area (Å²) in [5.74, 6) is -5.57. The van der Waals surface area contributed by atoms with E-state index in [0.717, 1.165) is 26.3 Å². The van der Waals surface area contributed by atoms with E-state index in [9.17, 15) is 39.1 Å². The van der Waals surface area contributed by atoms with Crippen LogP contribution in [0.5, 0.6) is 0 Å². The number of hydrogen-bond donors (Lipinski definition) is 1. The van der Waals surface area contributed by atoms with Crippen LogP contribution in [0.1, 0.15) is 98.5 Å². The van der Waals surface area contributed by atoms with E-state index >= 15 is 4.79 Å². The summed E-state index contributed by atoms with van der Waals surface area (Å²) in [6.07, 6.45) is -29.1. The largest absolute Gasteiger partial charge is 0.469 e. The second-order valence-corrected chi connectivity index (χ2v) is 31.1. The smallest absolute Gasteiger partial charge is 0.407 e. The molecule has 0 aliphatic carbocycles. The molecule has 6 aromatic carbocycles. The molecule has 4 heterocycles. The quantitative estimate of drug-likeness (QED) is 0.00707. The number of amides is 1. The van der Waals surface area contributed by atoms with Crippen molar-refractivity contribution in [2.45, 2.75) is 220 Å². The lowest BCUT2D eigenvalue weighted by molar-refractivity contribution is -0.382. The number of esters is 7. The summed E-state index contributed by atoms with van der Waals surface area (Å²) >= 11 is 18.1. The first kappa shape index (κ1) is 94.8. The van der Waals surface area contributed by atoms with Crippen LogP contribution in [0, 0.1) is 0 Å². The second kappa shape index (κ2) is 48.6. The highest BCUT2D eigenvalue weighted by Crippen LogP contribution is 2.41. The summed E-state index contributed by atoms with van der Waals surface area (Å²) in [5, 5.41) is 6.87. The number of unbranched alkanes of at least 4 members (excludes halogenated alkanes) is 2. The molecule has 658 valence electrons. The average Bonchev–Trinajstić information content (AvgIpc) is 0.760. The molecule has 1 N–H and O–H groups in total. The molecule has 1 amide bonds. The Morgan fingerprint density at radius 2 is 0.828 bits per heavy atom. The third-order valence-electron chi connectivity index (χ3n) is 19.4. The zero-order chi connectivity index (χ0) is 86.9. The summed E-state index contributed by atoms with van der Waals surface area (Å²) in [7, 11) is 1.27. The molecule has 6 aromatic rings. The third-order valence-corrected chi connectivity index (χ3v) is 19.7. The molecule has 0 spiro atoms. The fraction of sp³-hybridized carbons (Fsp3) is 0.488. The maximum absolute atomic E-state index is 15.5. The number of methoxy groups -OCH3 is 1. The molecular weight excluding hydrogens is 1660 g/mol. The second-order valence-electron chi connectivity index (χ2n) is 28.6. The summed E-state index contributed by atoms with van der Waals surface area (Å²) in [4.78, 5) is 110. The van der Waals surface area contributed by atoms with Crippen LogP contribution in [0.25, 0.3) is 10.4 Å². The number of alkyl carbamates (subject to hydrolysis) is 1. The number of carbonyl (C=O) groups excluding carboxylic acids is 8. The van der Waals surface area contributed by atoms with E-state index in [1.165, 1.54) is 33.1 Å². The van der Waals surface area contributed by atoms with Crippen molar-refractivity contribution in [2.75, 3.05) is 46.8 Å². The highest BCUT2D eigenvalue weighted by Gasteiger charge is 2.59. The fourth-order valence-corrected chi connectivity index (χ4v) is 14.1. The molecule has 0 bridgehead atoms. The highest BCUT2D eigenvalue weighted by atomic mass is 35.6. The molecule has 20 atom stereocenters. The standard InChI is InChI=1S/C86H99Cl3N4O29/c1-52(94)105-48-65-71(113-54(3)96)74(115-56(5)98)68(91-85(101)112-51-86(87,88)89)81(117-65)111-50-64-70(107-43-58-30-16-8-17-31-58)75(69(92-93-90)82(116-64)104-41-27-13-26-40-67(99)102-6)122-84-79(120-80(100)62-38-24-12-25-39-62)77(109-45-60-34-20-10-21-35-60)73(63(118-84)47-103-42-57-28-14-7-15-29-57)121-83-78(110-46-61-36-22-11-23-37-61)76(108-44-59-32-18-9-19-33-59)72(114-55(4)97)66(119-83)49-106-53(2)95/h7-12,14-25,28-39,63-66,68-79,81-84H,13,26-27,40-51H2,1-6H3,(H,91,101)/t63-,64-,65-,66-,68-,69-,70+,71-,72+,73+,74-,75-,76+,77+,78-,79-,81-,82+,83-,84+/m1/s1. The monoisotopic (exact) mass is 1760 g/mol. The fourth-order valence-electron chi connectivity index (χ4n) is 13.9. The minimum atomic E-state index is -2.15. The predicted octanol–water partition coefficient (Wildman–Crippen LogP) is 11.3. The molecule has 4 fully saturated rings. The Morgan fingerprint density at radius 1 is 0.410 bits per heavy atom. The molecule has 0 unspecified atom stereocenters. The zero-order valence-electron chi connectivity index (χ0n) is 67.8. The van der Waals surface area contributed by atoms with Gasteiger partial charge in [-0.3, -0.25) is 28.8 Å². The number of halogens is 3. The first-order valence-electron chi connectivity index (χ1n) is 39.5. The van der Waals surface area contributed by atoms with Crippen molar-refractivity contribution in [3.05, 3.63) is 226 Å². The van der Waals surface area contributed by atoms with Gasteiger partial charge in [-0.05, 0) is 58.3 Å². The van der Waals surface area contributed by atoms with E-state index < -0.39 is 207 Å². The van der Waals surface area contributed by atoms with Crippen LogP contribution in [0.15, 0.2) is 187 Å². The SMILES string of the molecule is COC(=O)CCCCCO[C@H]1O[C@H](CO[C@@H]2O[C@H](COC(C)=O)[C@@H](OC(C)=O)[C@H](OC(C)=O)[C@H]2NC(=O)OCC(Cl)(Cl)Cl)[C@H](OCc2ccccc2)[C@H](O[C@@H]2O[C@H](COCc3ccccc3)[C@H](O[C@H]3O[C@H](COC(C)=O)[C@H](OC(C)=O)[C@H](OCc4ccccc4)[C@H]3OCc3ccccc3)[C@H](OCc3ccccc3)[C@H]2OC(=O)c2ccccc2)[C@H]1N=[N+]=[N-]. The van der Waals surface area contributed by atoms with Gasteiger partial charge in [0.25, 0.3) is 0 Å². The molecule has 4 aliphatic rings. The Kier molecular flexibility index (Phi) is 37.7. The van der Waals surface area contributed by atoms with Gasteiger partial charge < -0.3 is 105 Å². The van der Waals surface area contributed by atoms with Crippen LogP contribution in [-0.2, 0) is 161 Å². The highest BCUT2D eigenvalue weighted by molar-refractivity contribution is 6.67. The Hall–Kier alpha value is -9.46. The maximum Gasteiger partial charge on any atom is 0.407 e. The number of hydrogen-bond acceptors (Lipinski definition) is 30. The number of azide groups is 1. The summed E-state index contributed by atoms with van der Waals surface area (Å²) < 4.78 is 135. The van der Waals surface area contributed by atoms with Gasteiger partial charge in [0.2, 0.25) is 3.79 Å². The van der Waals surface area contributed by atoms with Crippen molar-refractivity contribution in [3.8, 4) is 0 Å². The summed E-state index contributed by atoms with van der Waals surface area (Å²) in [5.41, 5.74) is 14.3. The van der Waals surface area contributed by atoms with Gasteiger partial charge in [-0.1, -0.05) is 216 Å². The topological polar surface area (TPSA) is 391 Å². The molecule has 33 nitrogen and oxygen atoms in total. The molecule has 0 aromatic heterocycles. The van der Waals surface area contributed by atoms with Crippen molar-refractivity contribution in [1.82, 2.24) is 5.32 Å². The molecule has 0 saturated carbocycles. The molecule has 10 rings (SSSR count). The normalized spacial score (nSPS) is 26.3. The van der Waals surface area contributed by atoms with Gasteiger partial charge in [0.1, 0.15) is 92.9 Å².